The second kappa shape index (κ2) is 10.7. The summed E-state index contributed by atoms with van der Waals surface area (Å²) in [6.07, 6.45) is 1.12. The highest BCUT2D eigenvalue weighted by Crippen LogP contribution is 2.27. The highest BCUT2D eigenvalue weighted by molar-refractivity contribution is 5.69. The van der Waals surface area contributed by atoms with E-state index < -0.39 is 0 Å². The average Bonchev–Trinajstić information content (AvgIpc) is 2.70. The Labute approximate surface area is 156 Å². The molecule has 2 rings (SSSR count). The van der Waals surface area contributed by atoms with Gasteiger partial charge in [0.2, 0.25) is 0 Å². The number of carbonyl (C=O) groups is 1. The minimum Gasteiger partial charge on any atom is -0.469 e. The third-order valence-electron chi connectivity index (χ3n) is 4.74. The van der Waals surface area contributed by atoms with Crippen LogP contribution >= 0.6 is 0 Å². The number of rotatable bonds is 10. The normalized spacial score (nSPS) is 13.4. The summed E-state index contributed by atoms with van der Waals surface area (Å²) in [5, 5.41) is 0. The van der Waals surface area contributed by atoms with Gasteiger partial charge in [0.15, 0.2) is 0 Å². The summed E-state index contributed by atoms with van der Waals surface area (Å²) in [6, 6.07) is 21.0. The summed E-state index contributed by atoms with van der Waals surface area (Å²) in [6.45, 7) is 3.56. The van der Waals surface area contributed by atoms with Gasteiger partial charge in [-0.15, -0.1) is 0 Å². The van der Waals surface area contributed by atoms with Crippen molar-refractivity contribution in [3.63, 3.8) is 0 Å². The predicted molar refractivity (Wildman–Crippen MR) is 104 cm³/mol. The van der Waals surface area contributed by atoms with Crippen molar-refractivity contribution in [2.45, 2.75) is 38.4 Å². The molecule has 0 saturated heterocycles. The van der Waals surface area contributed by atoms with Gasteiger partial charge in [-0.25, -0.2) is 0 Å². The molecular formula is C22H29NO3. The van der Waals surface area contributed by atoms with Crippen molar-refractivity contribution in [3.05, 3.63) is 71.8 Å². The lowest BCUT2D eigenvalue weighted by Gasteiger charge is -2.36. The average molecular weight is 355 g/mol. The van der Waals surface area contributed by atoms with Gasteiger partial charge in [0.05, 0.1) is 13.5 Å². The lowest BCUT2D eigenvalue weighted by Crippen LogP contribution is -2.39. The smallest absolute Gasteiger partial charge is 0.307 e. The predicted octanol–water partition coefficient (Wildman–Crippen LogP) is 4.22. The van der Waals surface area contributed by atoms with Crippen LogP contribution in [0.25, 0.3) is 0 Å². The summed E-state index contributed by atoms with van der Waals surface area (Å²) in [4.78, 5) is 14.4. The second-order valence-corrected chi connectivity index (χ2v) is 6.46. The Morgan fingerprint density at radius 1 is 1.00 bits per heavy atom. The van der Waals surface area contributed by atoms with Crippen LogP contribution in [0, 0.1) is 0 Å². The molecule has 26 heavy (non-hydrogen) atoms. The van der Waals surface area contributed by atoms with Crippen LogP contribution in [-0.2, 0) is 20.8 Å². The van der Waals surface area contributed by atoms with E-state index in [4.69, 9.17) is 9.47 Å². The molecule has 4 heteroatoms. The SMILES string of the molecule is COCCC(CC(=O)OC)N(Cc1ccccc1)C(C)c1ccccc1. The molecule has 0 radical (unpaired) electrons. The quantitative estimate of drug-likeness (QED) is 0.598. The zero-order valence-electron chi connectivity index (χ0n) is 15.9. The van der Waals surface area contributed by atoms with Crippen LogP contribution in [0.3, 0.4) is 0 Å². The Kier molecular flexibility index (Phi) is 8.32. The summed E-state index contributed by atoms with van der Waals surface area (Å²) in [7, 11) is 3.13. The fourth-order valence-electron chi connectivity index (χ4n) is 3.21. The van der Waals surface area contributed by atoms with Crippen LogP contribution in [0.4, 0.5) is 0 Å². The van der Waals surface area contributed by atoms with Crippen molar-refractivity contribution in [1.29, 1.82) is 0 Å². The number of nitrogens with zero attached hydrogens (tertiary/aromatic N) is 1. The highest BCUT2D eigenvalue weighted by atomic mass is 16.5. The number of hydrogen-bond donors (Lipinski definition) is 0. The number of carbonyl (C=O) groups excluding carboxylic acids is 1. The van der Waals surface area contributed by atoms with Gasteiger partial charge in [0, 0.05) is 32.3 Å². The van der Waals surface area contributed by atoms with Gasteiger partial charge in [0.25, 0.3) is 0 Å². The van der Waals surface area contributed by atoms with Gasteiger partial charge in [0.1, 0.15) is 0 Å². The zero-order chi connectivity index (χ0) is 18.8. The van der Waals surface area contributed by atoms with Gasteiger partial charge >= 0.3 is 5.97 Å². The van der Waals surface area contributed by atoms with E-state index >= 15 is 0 Å². The summed E-state index contributed by atoms with van der Waals surface area (Å²) < 4.78 is 10.2. The number of ether oxygens (including phenoxy) is 2. The minimum absolute atomic E-state index is 0.0396. The minimum atomic E-state index is -0.190. The maximum absolute atomic E-state index is 12.0. The molecule has 0 bridgehead atoms. The van der Waals surface area contributed by atoms with E-state index in [1.54, 1.807) is 7.11 Å². The molecule has 0 N–H and O–H groups in total. The van der Waals surface area contributed by atoms with E-state index in [1.807, 2.05) is 24.3 Å². The molecule has 0 amide bonds. The van der Waals surface area contributed by atoms with Gasteiger partial charge in [-0.2, -0.15) is 0 Å². The van der Waals surface area contributed by atoms with Crippen LogP contribution in [0.1, 0.15) is 36.9 Å². The fourth-order valence-corrected chi connectivity index (χ4v) is 3.21. The maximum atomic E-state index is 12.0. The Morgan fingerprint density at radius 2 is 1.62 bits per heavy atom. The Balaban J connectivity index is 2.30. The molecule has 2 unspecified atom stereocenters. The highest BCUT2D eigenvalue weighted by Gasteiger charge is 2.27. The van der Waals surface area contributed by atoms with Crippen molar-refractivity contribution in [2.75, 3.05) is 20.8 Å². The molecule has 0 aromatic heterocycles. The molecule has 0 spiro atoms. The largest absolute Gasteiger partial charge is 0.469 e. The summed E-state index contributed by atoms with van der Waals surface area (Å²) >= 11 is 0. The van der Waals surface area contributed by atoms with E-state index in [2.05, 4.69) is 48.2 Å². The van der Waals surface area contributed by atoms with Crippen LogP contribution in [-0.4, -0.2) is 37.7 Å². The van der Waals surface area contributed by atoms with Gasteiger partial charge in [-0.3, -0.25) is 9.69 Å². The third-order valence-corrected chi connectivity index (χ3v) is 4.74. The standard InChI is InChI=1S/C22H29NO3/c1-18(20-12-8-5-9-13-20)23(17-19-10-6-4-7-11-19)21(14-15-25-2)16-22(24)26-3/h4-13,18,21H,14-17H2,1-3H3. The van der Waals surface area contributed by atoms with Crippen LogP contribution in [0.2, 0.25) is 0 Å². The molecule has 0 aliphatic carbocycles. The molecular weight excluding hydrogens is 326 g/mol. The van der Waals surface area contributed by atoms with Crippen molar-refractivity contribution < 1.29 is 14.3 Å². The van der Waals surface area contributed by atoms with Crippen molar-refractivity contribution in [3.8, 4) is 0 Å². The van der Waals surface area contributed by atoms with Gasteiger partial charge in [-0.05, 0) is 24.5 Å². The Hall–Kier alpha value is -2.17. The van der Waals surface area contributed by atoms with Gasteiger partial charge in [-0.1, -0.05) is 60.7 Å². The summed E-state index contributed by atoms with van der Waals surface area (Å²) in [5.74, 6) is -0.190. The van der Waals surface area contributed by atoms with Crippen LogP contribution in [0.5, 0.6) is 0 Å². The van der Waals surface area contributed by atoms with E-state index in [-0.39, 0.29) is 18.1 Å². The monoisotopic (exact) mass is 355 g/mol. The van der Waals surface area contributed by atoms with E-state index in [0.29, 0.717) is 13.0 Å². The second-order valence-electron chi connectivity index (χ2n) is 6.46. The lowest BCUT2D eigenvalue weighted by molar-refractivity contribution is -0.142. The summed E-state index contributed by atoms with van der Waals surface area (Å²) in [5.41, 5.74) is 2.46. The molecule has 2 aromatic rings. The molecule has 2 atom stereocenters. The maximum Gasteiger partial charge on any atom is 0.307 e. The molecule has 0 saturated carbocycles. The zero-order valence-corrected chi connectivity index (χ0v) is 15.9. The molecule has 140 valence electrons. The topological polar surface area (TPSA) is 38.8 Å². The molecule has 2 aromatic carbocycles. The molecule has 4 nitrogen and oxygen atoms in total. The van der Waals surface area contributed by atoms with Crippen molar-refractivity contribution >= 4 is 5.97 Å². The van der Waals surface area contributed by atoms with Crippen LogP contribution in [0.15, 0.2) is 60.7 Å². The Bertz CT molecular complexity index is 645. The number of methoxy groups -OCH3 is 2. The molecule has 0 aliphatic rings. The lowest BCUT2D eigenvalue weighted by atomic mass is 10.00. The van der Waals surface area contributed by atoms with Gasteiger partial charge < -0.3 is 9.47 Å². The molecule has 0 fully saturated rings. The fraction of sp³-hybridized carbons (Fsp3) is 0.409. The van der Waals surface area contributed by atoms with Crippen molar-refractivity contribution in [2.24, 2.45) is 0 Å². The van der Waals surface area contributed by atoms with E-state index in [9.17, 15) is 4.79 Å². The number of benzene rings is 2. The molecule has 0 aliphatic heterocycles. The Morgan fingerprint density at radius 3 is 2.19 bits per heavy atom. The van der Waals surface area contributed by atoms with E-state index in [1.165, 1.54) is 18.2 Å². The first-order valence-corrected chi connectivity index (χ1v) is 9.06. The van der Waals surface area contributed by atoms with E-state index in [0.717, 1.165) is 13.0 Å². The first-order valence-electron chi connectivity index (χ1n) is 9.06. The third kappa shape index (κ3) is 5.97. The van der Waals surface area contributed by atoms with Crippen LogP contribution < -0.4 is 0 Å². The number of hydrogen-bond acceptors (Lipinski definition) is 4. The first-order chi connectivity index (χ1) is 12.7. The number of esters is 1. The van der Waals surface area contributed by atoms with Crippen molar-refractivity contribution in [1.82, 2.24) is 4.90 Å². The first kappa shape index (κ1) is 20.1. The molecule has 0 heterocycles.